The van der Waals surface area contributed by atoms with Crippen molar-refractivity contribution in [3.8, 4) is 22.3 Å². The van der Waals surface area contributed by atoms with Gasteiger partial charge in [0.05, 0.1) is 22.7 Å². The number of ether oxygens (including phenoxy) is 1. The van der Waals surface area contributed by atoms with Crippen molar-refractivity contribution in [2.75, 3.05) is 7.11 Å². The molecule has 0 unspecified atom stereocenters. The average Bonchev–Trinajstić information content (AvgIpc) is 2.96. The number of fused-ring (bicyclic) bond motifs is 1. The minimum Gasteiger partial charge on any atom is -0.467 e. The predicted molar refractivity (Wildman–Crippen MR) is 156 cm³/mol. The standard InChI is InChI=1S/C32H20Cl2F4N2O3/c1-43-32(42)27(40-31(41)29-25(37)3-2-4-26(29)38)13-16-5-8-21(19-9-6-17(35)14-23(19)33)28-22(11-12-39-30(16)28)20-10-7-18(36)15-24(20)34/h2-12,14-15,27H,13H2,1H3,(H,40,41)/t27-/m0/s1. The van der Waals surface area contributed by atoms with Crippen molar-refractivity contribution in [2.45, 2.75) is 12.5 Å². The molecule has 0 bridgehead atoms. The summed E-state index contributed by atoms with van der Waals surface area (Å²) in [4.78, 5) is 30.2. The molecule has 0 aliphatic carbocycles. The largest absolute Gasteiger partial charge is 0.467 e. The number of benzene rings is 4. The number of halogens is 6. The number of nitrogens with zero attached hydrogens (tertiary/aromatic N) is 1. The molecule has 0 radical (unpaired) electrons. The molecule has 1 aromatic heterocycles. The Kier molecular flexibility index (Phi) is 8.66. The number of nitrogens with one attached hydrogen (secondary N) is 1. The zero-order chi connectivity index (χ0) is 30.8. The van der Waals surface area contributed by atoms with E-state index in [0.29, 0.717) is 38.7 Å². The molecule has 0 spiro atoms. The highest BCUT2D eigenvalue weighted by Gasteiger charge is 2.27. The molecule has 1 N–H and O–H groups in total. The van der Waals surface area contributed by atoms with Crippen molar-refractivity contribution in [2.24, 2.45) is 0 Å². The summed E-state index contributed by atoms with van der Waals surface area (Å²) in [7, 11) is 1.11. The molecule has 218 valence electrons. The van der Waals surface area contributed by atoms with Crippen molar-refractivity contribution in [3.05, 3.63) is 123 Å². The molecule has 0 aliphatic rings. The molecule has 0 fully saturated rings. The van der Waals surface area contributed by atoms with Crippen molar-refractivity contribution in [1.29, 1.82) is 0 Å². The fraction of sp³-hybridized carbons (Fsp3) is 0.0938. The van der Waals surface area contributed by atoms with E-state index < -0.39 is 46.8 Å². The zero-order valence-electron chi connectivity index (χ0n) is 22.2. The van der Waals surface area contributed by atoms with Gasteiger partial charge in [-0.15, -0.1) is 0 Å². The Balaban J connectivity index is 1.68. The summed E-state index contributed by atoms with van der Waals surface area (Å²) in [5.41, 5.74) is 1.89. The van der Waals surface area contributed by atoms with Crippen LogP contribution in [0, 0.1) is 23.3 Å². The number of pyridine rings is 1. The van der Waals surface area contributed by atoms with Crippen LogP contribution in [0.5, 0.6) is 0 Å². The van der Waals surface area contributed by atoms with E-state index in [4.69, 9.17) is 27.9 Å². The van der Waals surface area contributed by atoms with Crippen LogP contribution in [0.1, 0.15) is 15.9 Å². The maximum atomic E-state index is 14.3. The summed E-state index contributed by atoms with van der Waals surface area (Å²) in [5.74, 6) is -5.32. The Hall–Kier alpha value is -4.47. The van der Waals surface area contributed by atoms with Gasteiger partial charge in [-0.2, -0.15) is 0 Å². The minimum absolute atomic E-state index is 0.112. The quantitative estimate of drug-likeness (QED) is 0.147. The van der Waals surface area contributed by atoms with Gasteiger partial charge < -0.3 is 10.1 Å². The van der Waals surface area contributed by atoms with Crippen LogP contribution in [0.25, 0.3) is 33.2 Å². The van der Waals surface area contributed by atoms with Gasteiger partial charge in [-0.3, -0.25) is 9.78 Å². The Morgan fingerprint density at radius 1 is 0.814 bits per heavy atom. The van der Waals surface area contributed by atoms with Crippen molar-refractivity contribution < 1.29 is 31.9 Å². The van der Waals surface area contributed by atoms with Crippen LogP contribution in [-0.4, -0.2) is 30.0 Å². The lowest BCUT2D eigenvalue weighted by Crippen LogP contribution is -2.43. The molecule has 5 rings (SSSR count). The Labute approximate surface area is 253 Å². The summed E-state index contributed by atoms with van der Waals surface area (Å²) in [6.07, 6.45) is 1.29. The molecule has 1 amide bonds. The summed E-state index contributed by atoms with van der Waals surface area (Å²) in [6.45, 7) is 0. The number of carbonyl (C=O) groups excluding carboxylic acids is 2. The molecule has 43 heavy (non-hydrogen) atoms. The highest BCUT2D eigenvalue weighted by atomic mass is 35.5. The van der Waals surface area contributed by atoms with E-state index in [1.54, 1.807) is 18.2 Å². The van der Waals surface area contributed by atoms with E-state index in [2.05, 4.69) is 10.3 Å². The van der Waals surface area contributed by atoms with Crippen LogP contribution in [-0.2, 0) is 16.0 Å². The first-order valence-corrected chi connectivity index (χ1v) is 13.5. The zero-order valence-corrected chi connectivity index (χ0v) is 23.7. The molecule has 4 aromatic carbocycles. The lowest BCUT2D eigenvalue weighted by Gasteiger charge is -2.20. The molecule has 5 aromatic rings. The van der Waals surface area contributed by atoms with E-state index in [1.165, 1.54) is 30.5 Å². The van der Waals surface area contributed by atoms with E-state index in [-0.39, 0.29) is 16.5 Å². The van der Waals surface area contributed by atoms with Crippen molar-refractivity contribution in [1.82, 2.24) is 10.3 Å². The molecular formula is C32H20Cl2F4N2O3. The van der Waals surface area contributed by atoms with Crippen LogP contribution >= 0.6 is 23.2 Å². The first-order chi connectivity index (χ1) is 20.6. The van der Waals surface area contributed by atoms with Crippen LogP contribution < -0.4 is 5.32 Å². The van der Waals surface area contributed by atoms with Gasteiger partial charge in [0.15, 0.2) is 0 Å². The summed E-state index contributed by atoms with van der Waals surface area (Å²) in [6, 6.07) is 14.3. The number of hydrogen-bond acceptors (Lipinski definition) is 4. The van der Waals surface area contributed by atoms with E-state index in [0.717, 1.165) is 37.4 Å². The van der Waals surface area contributed by atoms with Crippen molar-refractivity contribution in [3.63, 3.8) is 0 Å². The minimum atomic E-state index is -1.38. The van der Waals surface area contributed by atoms with Gasteiger partial charge in [0.1, 0.15) is 34.9 Å². The molecule has 11 heteroatoms. The molecule has 1 atom stereocenters. The third-order valence-electron chi connectivity index (χ3n) is 6.82. The molecular weight excluding hydrogens is 607 g/mol. The van der Waals surface area contributed by atoms with Gasteiger partial charge in [0.2, 0.25) is 0 Å². The fourth-order valence-electron chi connectivity index (χ4n) is 4.85. The van der Waals surface area contributed by atoms with Gasteiger partial charge in [-0.25, -0.2) is 22.4 Å². The SMILES string of the molecule is COC(=O)[C@H](Cc1ccc(-c2ccc(F)cc2Cl)c2c(-c3ccc(F)cc3Cl)ccnc12)NC(=O)c1c(F)cccc1F. The lowest BCUT2D eigenvalue weighted by molar-refractivity contribution is -0.142. The highest BCUT2D eigenvalue weighted by molar-refractivity contribution is 6.35. The molecule has 5 nitrogen and oxygen atoms in total. The number of esters is 1. The first-order valence-electron chi connectivity index (χ1n) is 12.7. The number of rotatable bonds is 7. The van der Waals surface area contributed by atoms with Gasteiger partial charge in [0.25, 0.3) is 5.91 Å². The maximum absolute atomic E-state index is 14.3. The number of carbonyl (C=O) groups is 2. The number of hydrogen-bond donors (Lipinski definition) is 1. The third-order valence-corrected chi connectivity index (χ3v) is 7.45. The van der Waals surface area contributed by atoms with Gasteiger partial charge >= 0.3 is 5.97 Å². The monoisotopic (exact) mass is 626 g/mol. The van der Waals surface area contributed by atoms with Gasteiger partial charge in [0, 0.05) is 29.1 Å². The molecule has 0 aliphatic heterocycles. The van der Waals surface area contributed by atoms with Crippen LogP contribution in [0.15, 0.2) is 79.0 Å². The predicted octanol–water partition coefficient (Wildman–Crippen LogP) is 7.95. The summed E-state index contributed by atoms with van der Waals surface area (Å²) < 4.78 is 61.3. The highest BCUT2D eigenvalue weighted by Crippen LogP contribution is 2.41. The summed E-state index contributed by atoms with van der Waals surface area (Å²) >= 11 is 12.9. The third kappa shape index (κ3) is 6.04. The van der Waals surface area contributed by atoms with E-state index >= 15 is 0 Å². The Bertz CT molecular complexity index is 1820. The number of amides is 1. The topological polar surface area (TPSA) is 68.3 Å². The Morgan fingerprint density at radius 2 is 1.37 bits per heavy atom. The normalized spacial score (nSPS) is 11.8. The van der Waals surface area contributed by atoms with Crippen LogP contribution in [0.4, 0.5) is 17.6 Å². The number of aromatic nitrogens is 1. The van der Waals surface area contributed by atoms with Crippen LogP contribution in [0.2, 0.25) is 10.0 Å². The van der Waals surface area contributed by atoms with E-state index in [1.807, 2.05) is 0 Å². The smallest absolute Gasteiger partial charge is 0.328 e. The molecule has 1 heterocycles. The maximum Gasteiger partial charge on any atom is 0.328 e. The second kappa shape index (κ2) is 12.4. The van der Waals surface area contributed by atoms with Crippen LogP contribution in [0.3, 0.4) is 0 Å². The van der Waals surface area contributed by atoms with Crippen molar-refractivity contribution >= 4 is 46.0 Å². The molecule has 0 saturated heterocycles. The summed E-state index contributed by atoms with van der Waals surface area (Å²) in [5, 5.41) is 3.06. The number of methoxy groups -OCH3 is 1. The van der Waals surface area contributed by atoms with Gasteiger partial charge in [-0.1, -0.05) is 41.4 Å². The second-order valence-electron chi connectivity index (χ2n) is 9.45. The lowest BCUT2D eigenvalue weighted by atomic mass is 9.90. The second-order valence-corrected chi connectivity index (χ2v) is 10.3. The van der Waals surface area contributed by atoms with Gasteiger partial charge in [-0.05, 0) is 71.3 Å². The van der Waals surface area contributed by atoms with E-state index in [9.17, 15) is 27.2 Å². The fourth-order valence-corrected chi connectivity index (χ4v) is 5.39. The Morgan fingerprint density at radius 3 is 1.93 bits per heavy atom. The molecule has 0 saturated carbocycles. The first kappa shape index (κ1) is 30.0. The average molecular weight is 627 g/mol.